The van der Waals surface area contributed by atoms with Gasteiger partial charge >= 0.3 is 11.9 Å². The minimum Gasteiger partial charge on any atom is -0.507 e. The van der Waals surface area contributed by atoms with Gasteiger partial charge in [0.15, 0.2) is 0 Å². The second-order valence-corrected chi connectivity index (χ2v) is 17.3. The summed E-state index contributed by atoms with van der Waals surface area (Å²) in [5.41, 5.74) is 4.61. The van der Waals surface area contributed by atoms with Crippen molar-refractivity contribution in [2.75, 3.05) is 13.2 Å². The molecule has 0 aromatic heterocycles. The second-order valence-electron chi connectivity index (χ2n) is 17.3. The van der Waals surface area contributed by atoms with Crippen LogP contribution in [0.15, 0.2) is 24.3 Å². The molecule has 0 saturated carbocycles. The normalized spacial score (nSPS) is 14.1. The Morgan fingerprint density at radius 3 is 1.00 bits per heavy atom. The van der Waals surface area contributed by atoms with E-state index in [9.17, 15) is 19.8 Å². The molecular weight excluding hydrogens is 576 g/mol. The van der Waals surface area contributed by atoms with Crippen molar-refractivity contribution in [2.24, 2.45) is 11.8 Å². The van der Waals surface area contributed by atoms with E-state index in [4.69, 9.17) is 9.47 Å². The number of phenolic OH excluding ortho intramolecular Hbond substituents is 2. The van der Waals surface area contributed by atoms with Crippen LogP contribution in [0.25, 0.3) is 0 Å². The van der Waals surface area contributed by atoms with Crippen LogP contribution < -0.4 is 0 Å². The summed E-state index contributed by atoms with van der Waals surface area (Å²) in [4.78, 5) is 25.6. The first-order valence-corrected chi connectivity index (χ1v) is 16.9. The summed E-state index contributed by atoms with van der Waals surface area (Å²) in [6.07, 6.45) is 2.25. The van der Waals surface area contributed by atoms with Crippen molar-refractivity contribution >= 4 is 11.9 Å². The number of carbonyl (C=O) groups excluding carboxylic acids is 2. The average Bonchev–Trinajstić information content (AvgIpc) is 2.89. The van der Waals surface area contributed by atoms with Crippen molar-refractivity contribution in [3.63, 3.8) is 0 Å². The van der Waals surface area contributed by atoms with Gasteiger partial charge in [-0.25, -0.2) is 0 Å². The van der Waals surface area contributed by atoms with Crippen LogP contribution in [0.2, 0.25) is 0 Å². The number of hydrogen-bond donors (Lipinski definition) is 2. The maximum absolute atomic E-state index is 12.8. The molecule has 2 aromatic carbocycles. The Kier molecular flexibility index (Phi) is 12.6. The van der Waals surface area contributed by atoms with Gasteiger partial charge in [-0.05, 0) is 80.7 Å². The number of hydrogen-bond acceptors (Lipinski definition) is 6. The van der Waals surface area contributed by atoms with Crippen molar-refractivity contribution in [1.29, 1.82) is 0 Å². The lowest BCUT2D eigenvalue weighted by molar-refractivity contribution is -0.150. The number of unbranched alkanes of at least 4 members (excludes halogenated alkanes) is 1. The summed E-state index contributed by atoms with van der Waals surface area (Å²) in [5, 5.41) is 22.0. The number of benzene rings is 2. The lowest BCUT2D eigenvalue weighted by Gasteiger charge is -2.28. The Labute approximate surface area is 279 Å². The van der Waals surface area contributed by atoms with Crippen LogP contribution in [0.5, 0.6) is 11.5 Å². The van der Waals surface area contributed by atoms with Crippen LogP contribution in [0.4, 0.5) is 0 Å². The van der Waals surface area contributed by atoms with Crippen molar-refractivity contribution in [3.05, 3.63) is 57.6 Å². The summed E-state index contributed by atoms with van der Waals surface area (Å²) >= 11 is 0. The van der Waals surface area contributed by atoms with E-state index in [1.54, 1.807) is 0 Å². The molecule has 0 aliphatic heterocycles. The molecule has 0 spiro atoms. The van der Waals surface area contributed by atoms with E-state index in [1.165, 1.54) is 0 Å². The third kappa shape index (κ3) is 10.8. The predicted molar refractivity (Wildman–Crippen MR) is 188 cm³/mol. The standard InChI is InChI=1S/C40H62O6/c1-25(19-27-21-29(37(3,4)5)33(41)30(22-27)38(6,7)8)35(43)45-17-15-16-18-46-36(44)26(2)20-28-23-31(39(9,10)11)34(42)32(24-28)40(12,13)14/h21-26,41-42H,15-20H2,1-14H3. The van der Waals surface area contributed by atoms with Gasteiger partial charge in [-0.3, -0.25) is 9.59 Å². The third-order valence-corrected chi connectivity index (χ3v) is 8.49. The molecule has 2 N–H and O–H groups in total. The molecule has 0 saturated heterocycles. The molecule has 2 atom stereocenters. The minimum absolute atomic E-state index is 0.234. The van der Waals surface area contributed by atoms with Gasteiger partial charge in [-0.1, -0.05) is 121 Å². The SMILES string of the molecule is CC(Cc1cc(C(C)(C)C)c(O)c(C(C)(C)C)c1)C(=O)OCCCCOC(=O)C(C)Cc1cc(C(C)(C)C)c(O)c(C(C)(C)C)c1. The van der Waals surface area contributed by atoms with Gasteiger partial charge in [-0.2, -0.15) is 0 Å². The van der Waals surface area contributed by atoms with Crippen molar-refractivity contribution in [1.82, 2.24) is 0 Å². The number of carbonyl (C=O) groups is 2. The Morgan fingerprint density at radius 2 is 0.783 bits per heavy atom. The summed E-state index contributed by atoms with van der Waals surface area (Å²) in [6.45, 7) is 29.2. The number of ether oxygens (including phenoxy) is 2. The molecule has 2 aromatic rings. The molecule has 0 fully saturated rings. The van der Waals surface area contributed by atoms with Gasteiger partial charge in [0.25, 0.3) is 0 Å². The van der Waals surface area contributed by atoms with E-state index in [1.807, 2.05) is 38.1 Å². The van der Waals surface area contributed by atoms with Gasteiger partial charge in [0.2, 0.25) is 0 Å². The zero-order valence-electron chi connectivity index (χ0n) is 31.2. The summed E-state index contributed by atoms with van der Waals surface area (Å²) in [6, 6.07) is 8.05. The number of phenols is 2. The molecule has 6 heteroatoms. The molecule has 46 heavy (non-hydrogen) atoms. The third-order valence-electron chi connectivity index (χ3n) is 8.49. The molecule has 0 aliphatic carbocycles. The Hall–Kier alpha value is -3.02. The highest BCUT2D eigenvalue weighted by molar-refractivity contribution is 5.73. The Balaban J connectivity index is 1.89. The lowest BCUT2D eigenvalue weighted by Crippen LogP contribution is -2.21. The van der Waals surface area contributed by atoms with Gasteiger partial charge < -0.3 is 19.7 Å². The van der Waals surface area contributed by atoms with Crippen molar-refractivity contribution in [2.45, 2.75) is 144 Å². The van der Waals surface area contributed by atoms with Crippen molar-refractivity contribution in [3.8, 4) is 11.5 Å². The van der Waals surface area contributed by atoms with E-state index >= 15 is 0 Å². The summed E-state index contributed by atoms with van der Waals surface area (Å²) in [7, 11) is 0. The second kappa shape index (κ2) is 14.8. The largest absolute Gasteiger partial charge is 0.507 e. The van der Waals surface area contributed by atoms with E-state index in [-0.39, 0.29) is 58.6 Å². The molecule has 0 heterocycles. The molecule has 2 unspecified atom stereocenters. The average molecular weight is 639 g/mol. The smallest absolute Gasteiger partial charge is 0.308 e. The first-order chi connectivity index (χ1) is 20.8. The highest BCUT2D eigenvalue weighted by Gasteiger charge is 2.29. The fraction of sp³-hybridized carbons (Fsp3) is 0.650. The fourth-order valence-corrected chi connectivity index (χ4v) is 5.62. The van der Waals surface area contributed by atoms with Gasteiger partial charge in [0.1, 0.15) is 11.5 Å². The van der Waals surface area contributed by atoms with Gasteiger partial charge in [0, 0.05) is 0 Å². The maximum atomic E-state index is 12.8. The maximum Gasteiger partial charge on any atom is 0.308 e. The molecule has 258 valence electrons. The minimum atomic E-state index is -0.332. The topological polar surface area (TPSA) is 93.1 Å². The zero-order chi connectivity index (χ0) is 35.4. The fourth-order valence-electron chi connectivity index (χ4n) is 5.62. The molecular formula is C40H62O6. The summed E-state index contributed by atoms with van der Waals surface area (Å²) < 4.78 is 11.1. The molecule has 0 aliphatic rings. The molecule has 6 nitrogen and oxygen atoms in total. The van der Waals surface area contributed by atoms with Gasteiger partial charge in [0.05, 0.1) is 25.0 Å². The van der Waals surface area contributed by atoms with Crippen LogP contribution in [0, 0.1) is 11.8 Å². The lowest BCUT2D eigenvalue weighted by atomic mass is 9.77. The Bertz CT molecular complexity index is 1180. The first-order valence-electron chi connectivity index (χ1n) is 16.9. The molecule has 2 rings (SSSR count). The van der Waals surface area contributed by atoms with E-state index in [0.29, 0.717) is 37.2 Å². The van der Waals surface area contributed by atoms with Gasteiger partial charge in [-0.15, -0.1) is 0 Å². The number of rotatable bonds is 11. The van der Waals surface area contributed by atoms with Crippen molar-refractivity contribution < 1.29 is 29.3 Å². The van der Waals surface area contributed by atoms with E-state index in [2.05, 4.69) is 83.1 Å². The first kappa shape index (κ1) is 39.2. The zero-order valence-corrected chi connectivity index (χ0v) is 31.2. The number of esters is 2. The quantitative estimate of drug-likeness (QED) is 0.188. The predicted octanol–water partition coefficient (Wildman–Crippen LogP) is 9.21. The van der Waals surface area contributed by atoms with Crippen LogP contribution >= 0.6 is 0 Å². The van der Waals surface area contributed by atoms with E-state index in [0.717, 1.165) is 33.4 Å². The van der Waals surface area contributed by atoms with Crippen LogP contribution in [-0.2, 0) is 53.6 Å². The van der Waals surface area contributed by atoms with E-state index < -0.39 is 0 Å². The highest BCUT2D eigenvalue weighted by atomic mass is 16.5. The summed E-state index contributed by atoms with van der Waals surface area (Å²) in [5.74, 6) is -0.516. The monoisotopic (exact) mass is 638 g/mol. The number of aromatic hydroxyl groups is 2. The molecule has 0 amide bonds. The Morgan fingerprint density at radius 1 is 0.543 bits per heavy atom. The molecule has 0 bridgehead atoms. The highest BCUT2D eigenvalue weighted by Crippen LogP contribution is 2.41. The molecule has 0 radical (unpaired) electrons. The van der Waals surface area contributed by atoms with Crippen LogP contribution in [0.1, 0.15) is 143 Å². The van der Waals surface area contributed by atoms with Crippen LogP contribution in [0.3, 0.4) is 0 Å². The van der Waals surface area contributed by atoms with Crippen LogP contribution in [-0.4, -0.2) is 35.4 Å².